The van der Waals surface area contributed by atoms with Crippen LogP contribution in [0.2, 0.25) is 0 Å². The van der Waals surface area contributed by atoms with Gasteiger partial charge in [-0.3, -0.25) is 0 Å². The fourth-order valence-electron chi connectivity index (χ4n) is 1.80. The van der Waals surface area contributed by atoms with E-state index in [0.717, 1.165) is 5.56 Å². The van der Waals surface area contributed by atoms with Crippen molar-refractivity contribution in [2.75, 3.05) is 6.61 Å². The standard InChI is InChI=1S/C17H18N2O3S/c1-3-12-22-17-7-5-4-6-15(17)13-18-19-23(20,21)16-10-8-14(2)9-11-16/h3-11,13,19H,1,12H2,2H3/b18-13-. The zero-order valence-corrected chi connectivity index (χ0v) is 13.6. The van der Waals surface area contributed by atoms with Gasteiger partial charge in [0, 0.05) is 5.56 Å². The first-order valence-electron chi connectivity index (χ1n) is 6.97. The molecule has 0 unspecified atom stereocenters. The molecule has 6 heteroatoms. The minimum atomic E-state index is -3.68. The molecule has 0 aliphatic carbocycles. The van der Waals surface area contributed by atoms with Crippen molar-refractivity contribution >= 4 is 16.2 Å². The van der Waals surface area contributed by atoms with Gasteiger partial charge in [0.05, 0.1) is 11.1 Å². The topological polar surface area (TPSA) is 67.8 Å². The molecule has 0 saturated carbocycles. The highest BCUT2D eigenvalue weighted by atomic mass is 32.2. The molecule has 0 heterocycles. The molecular weight excluding hydrogens is 312 g/mol. The largest absolute Gasteiger partial charge is 0.489 e. The van der Waals surface area contributed by atoms with Gasteiger partial charge in [0.25, 0.3) is 10.0 Å². The molecule has 0 spiro atoms. The first kappa shape index (κ1) is 16.8. The Morgan fingerprint density at radius 3 is 2.57 bits per heavy atom. The molecule has 0 aromatic heterocycles. The number of benzene rings is 2. The number of hydrazone groups is 1. The van der Waals surface area contributed by atoms with Crippen LogP contribution in [0.1, 0.15) is 11.1 Å². The molecule has 0 amide bonds. The van der Waals surface area contributed by atoms with Crippen molar-refractivity contribution in [1.29, 1.82) is 0 Å². The van der Waals surface area contributed by atoms with Gasteiger partial charge in [-0.15, -0.1) is 0 Å². The Hall–Kier alpha value is -2.60. The molecule has 23 heavy (non-hydrogen) atoms. The summed E-state index contributed by atoms with van der Waals surface area (Å²) < 4.78 is 29.7. The summed E-state index contributed by atoms with van der Waals surface area (Å²) in [6, 6.07) is 13.7. The van der Waals surface area contributed by atoms with Crippen molar-refractivity contribution in [3.63, 3.8) is 0 Å². The summed E-state index contributed by atoms with van der Waals surface area (Å²) in [6.45, 7) is 5.84. The molecular formula is C17H18N2O3S. The van der Waals surface area contributed by atoms with Crippen molar-refractivity contribution in [2.24, 2.45) is 5.10 Å². The smallest absolute Gasteiger partial charge is 0.276 e. The zero-order chi connectivity index (χ0) is 16.7. The first-order valence-corrected chi connectivity index (χ1v) is 8.45. The molecule has 2 aromatic rings. The van der Waals surface area contributed by atoms with Gasteiger partial charge in [-0.25, -0.2) is 4.83 Å². The van der Waals surface area contributed by atoms with Crippen LogP contribution in [-0.4, -0.2) is 21.2 Å². The number of aryl methyl sites for hydroxylation is 1. The van der Waals surface area contributed by atoms with E-state index in [1.807, 2.05) is 19.1 Å². The Morgan fingerprint density at radius 2 is 1.87 bits per heavy atom. The second-order valence-electron chi connectivity index (χ2n) is 4.80. The van der Waals surface area contributed by atoms with Gasteiger partial charge in [-0.1, -0.05) is 42.5 Å². The molecule has 5 nitrogen and oxygen atoms in total. The minimum Gasteiger partial charge on any atom is -0.489 e. The van der Waals surface area contributed by atoms with Crippen molar-refractivity contribution in [1.82, 2.24) is 4.83 Å². The van der Waals surface area contributed by atoms with E-state index >= 15 is 0 Å². The number of nitrogens with zero attached hydrogens (tertiary/aromatic N) is 1. The number of ether oxygens (including phenoxy) is 1. The number of para-hydroxylation sites is 1. The van der Waals surface area contributed by atoms with Crippen LogP contribution in [0, 0.1) is 6.92 Å². The Labute approximate surface area is 136 Å². The molecule has 2 rings (SSSR count). The van der Waals surface area contributed by atoms with E-state index in [9.17, 15) is 8.42 Å². The maximum atomic E-state index is 12.1. The molecule has 0 aliphatic heterocycles. The molecule has 1 N–H and O–H groups in total. The number of hydrogen-bond acceptors (Lipinski definition) is 4. The normalized spacial score (nSPS) is 11.3. The monoisotopic (exact) mass is 330 g/mol. The molecule has 0 aliphatic rings. The van der Waals surface area contributed by atoms with Crippen LogP contribution in [0.15, 0.2) is 71.2 Å². The van der Waals surface area contributed by atoms with Crippen LogP contribution in [0.3, 0.4) is 0 Å². The van der Waals surface area contributed by atoms with Crippen LogP contribution in [0.25, 0.3) is 0 Å². The molecule has 120 valence electrons. The van der Waals surface area contributed by atoms with E-state index in [-0.39, 0.29) is 4.90 Å². The highest BCUT2D eigenvalue weighted by molar-refractivity contribution is 7.89. The van der Waals surface area contributed by atoms with Crippen molar-refractivity contribution < 1.29 is 13.2 Å². The lowest BCUT2D eigenvalue weighted by Gasteiger charge is -2.07. The van der Waals surface area contributed by atoms with E-state index in [4.69, 9.17) is 4.74 Å². The lowest BCUT2D eigenvalue weighted by Crippen LogP contribution is -2.18. The van der Waals surface area contributed by atoms with Gasteiger partial charge in [-0.05, 0) is 31.2 Å². The van der Waals surface area contributed by atoms with Crippen molar-refractivity contribution in [3.8, 4) is 5.75 Å². The Balaban J connectivity index is 2.12. The summed E-state index contributed by atoms with van der Waals surface area (Å²) in [4.78, 5) is 2.36. The Bertz CT molecular complexity index is 797. The number of rotatable bonds is 7. The van der Waals surface area contributed by atoms with Gasteiger partial charge < -0.3 is 4.74 Å². The van der Waals surface area contributed by atoms with Gasteiger partial charge in [-0.2, -0.15) is 13.5 Å². The first-order chi connectivity index (χ1) is 11.0. The summed E-state index contributed by atoms with van der Waals surface area (Å²) >= 11 is 0. The quantitative estimate of drug-likeness (QED) is 0.482. The number of sulfonamides is 1. The molecule has 0 fully saturated rings. The van der Waals surface area contributed by atoms with Gasteiger partial charge in [0.1, 0.15) is 12.4 Å². The van der Waals surface area contributed by atoms with E-state index in [2.05, 4.69) is 16.5 Å². The summed E-state index contributed by atoms with van der Waals surface area (Å²) in [5.41, 5.74) is 1.65. The van der Waals surface area contributed by atoms with Gasteiger partial charge in [0.2, 0.25) is 0 Å². The summed E-state index contributed by atoms with van der Waals surface area (Å²) in [7, 11) is -3.68. The molecule has 0 atom stereocenters. The van der Waals surface area contributed by atoms with Crippen LogP contribution in [-0.2, 0) is 10.0 Å². The van der Waals surface area contributed by atoms with Crippen LogP contribution < -0.4 is 9.57 Å². The van der Waals surface area contributed by atoms with Crippen LogP contribution in [0.5, 0.6) is 5.75 Å². The molecule has 0 bridgehead atoms. The fraction of sp³-hybridized carbons (Fsp3) is 0.118. The zero-order valence-electron chi connectivity index (χ0n) is 12.8. The highest BCUT2D eigenvalue weighted by Crippen LogP contribution is 2.16. The van der Waals surface area contributed by atoms with E-state index in [1.165, 1.54) is 18.3 Å². The van der Waals surface area contributed by atoms with Crippen LogP contribution >= 0.6 is 0 Å². The molecule has 0 saturated heterocycles. The highest BCUT2D eigenvalue weighted by Gasteiger charge is 2.11. The van der Waals surface area contributed by atoms with Crippen molar-refractivity contribution in [3.05, 3.63) is 72.3 Å². The molecule has 2 aromatic carbocycles. The lowest BCUT2D eigenvalue weighted by molar-refractivity contribution is 0.362. The average Bonchev–Trinajstić information content (AvgIpc) is 2.54. The maximum Gasteiger partial charge on any atom is 0.276 e. The molecule has 0 radical (unpaired) electrons. The Kier molecular flexibility index (Phi) is 5.54. The predicted molar refractivity (Wildman–Crippen MR) is 91.2 cm³/mol. The number of hydrogen-bond donors (Lipinski definition) is 1. The van der Waals surface area contributed by atoms with Crippen molar-refractivity contribution in [2.45, 2.75) is 11.8 Å². The summed E-state index contributed by atoms with van der Waals surface area (Å²) in [6.07, 6.45) is 3.04. The third-order valence-electron chi connectivity index (χ3n) is 2.98. The average molecular weight is 330 g/mol. The third-order valence-corrected chi connectivity index (χ3v) is 4.22. The number of nitrogens with one attached hydrogen (secondary N) is 1. The van der Waals surface area contributed by atoms with Gasteiger partial charge in [0.15, 0.2) is 0 Å². The second-order valence-corrected chi connectivity index (χ2v) is 6.46. The van der Waals surface area contributed by atoms with E-state index in [0.29, 0.717) is 17.9 Å². The summed E-state index contributed by atoms with van der Waals surface area (Å²) in [5, 5.41) is 3.81. The minimum absolute atomic E-state index is 0.163. The predicted octanol–water partition coefficient (Wildman–Crippen LogP) is 2.87. The summed E-state index contributed by atoms with van der Waals surface area (Å²) in [5.74, 6) is 0.602. The van der Waals surface area contributed by atoms with Crippen LogP contribution in [0.4, 0.5) is 0 Å². The SMILES string of the molecule is C=CCOc1ccccc1/C=N\NS(=O)(=O)c1ccc(C)cc1. The maximum absolute atomic E-state index is 12.1. The third kappa shape index (κ3) is 4.69. The Morgan fingerprint density at radius 1 is 1.17 bits per heavy atom. The van der Waals surface area contributed by atoms with Gasteiger partial charge >= 0.3 is 0 Å². The second kappa shape index (κ2) is 7.60. The van der Waals surface area contributed by atoms with E-state index in [1.54, 1.807) is 30.3 Å². The lowest BCUT2D eigenvalue weighted by atomic mass is 10.2. The fourth-order valence-corrected chi connectivity index (χ4v) is 2.59. The van der Waals surface area contributed by atoms with E-state index < -0.39 is 10.0 Å².